The molecule has 1 amide bonds. The van der Waals surface area contributed by atoms with Crippen LogP contribution >= 0.6 is 23.2 Å². The van der Waals surface area contributed by atoms with E-state index in [2.05, 4.69) is 15.1 Å². The second-order valence-corrected chi connectivity index (χ2v) is 11.1. The molecule has 33 heavy (non-hydrogen) atoms. The molecule has 2 aliphatic rings. The van der Waals surface area contributed by atoms with Crippen LogP contribution in [0.4, 0.5) is 11.4 Å². The largest absolute Gasteiger partial charge is 0.348 e. The number of benzene rings is 2. The van der Waals surface area contributed by atoms with Crippen LogP contribution in [0.3, 0.4) is 0 Å². The Labute approximate surface area is 204 Å². The summed E-state index contributed by atoms with van der Waals surface area (Å²) in [5, 5.41) is 10.5. The highest BCUT2D eigenvalue weighted by atomic mass is 35.5. The van der Waals surface area contributed by atoms with Crippen LogP contribution in [0.5, 0.6) is 0 Å². The molecule has 0 bridgehead atoms. The van der Waals surface area contributed by atoms with Crippen molar-refractivity contribution in [1.82, 2.24) is 5.32 Å². The van der Waals surface area contributed by atoms with Gasteiger partial charge in [-0.3, -0.25) is 14.5 Å². The van der Waals surface area contributed by atoms with Crippen LogP contribution in [-0.2, 0) is 14.8 Å². The van der Waals surface area contributed by atoms with E-state index >= 15 is 0 Å². The van der Waals surface area contributed by atoms with Crippen molar-refractivity contribution >= 4 is 56.2 Å². The molecule has 1 aliphatic carbocycles. The van der Waals surface area contributed by atoms with E-state index in [-0.39, 0.29) is 18.0 Å². The number of hydrogen-bond acceptors (Lipinski definition) is 5. The summed E-state index contributed by atoms with van der Waals surface area (Å²) < 4.78 is 25.5. The molecule has 7 nitrogen and oxygen atoms in total. The smallest absolute Gasteiger partial charge is 0.267 e. The number of nitrogens with zero attached hydrogens (tertiary/aromatic N) is 2. The average Bonchev–Trinajstić information content (AvgIpc) is 3.19. The first-order valence-corrected chi connectivity index (χ1v) is 13.5. The van der Waals surface area contributed by atoms with E-state index in [9.17, 15) is 13.2 Å². The number of amides is 1. The third-order valence-corrected chi connectivity index (χ3v) is 7.03. The Morgan fingerprint density at radius 2 is 1.76 bits per heavy atom. The summed E-state index contributed by atoms with van der Waals surface area (Å²) in [7, 11) is -3.43. The predicted molar refractivity (Wildman–Crippen MR) is 134 cm³/mol. The lowest BCUT2D eigenvalue weighted by atomic mass is 9.95. The summed E-state index contributed by atoms with van der Waals surface area (Å²) in [5.41, 5.74) is 2.32. The van der Waals surface area contributed by atoms with E-state index in [4.69, 9.17) is 23.2 Å². The zero-order chi connectivity index (χ0) is 23.6. The number of anilines is 2. The Hall–Kier alpha value is -2.29. The minimum atomic E-state index is -3.43. The number of halogens is 2. The molecule has 1 fully saturated rings. The molecule has 0 aromatic heterocycles. The maximum atomic E-state index is 13.0. The van der Waals surface area contributed by atoms with Crippen LogP contribution in [0.25, 0.3) is 0 Å². The summed E-state index contributed by atoms with van der Waals surface area (Å²) in [4.78, 5) is 13.0. The summed E-state index contributed by atoms with van der Waals surface area (Å²) >= 11 is 12.6. The molecule has 1 aliphatic heterocycles. The minimum absolute atomic E-state index is 0.158. The number of hydrazone groups is 1. The predicted octanol–water partition coefficient (Wildman–Crippen LogP) is 5.12. The maximum Gasteiger partial charge on any atom is 0.267 e. The summed E-state index contributed by atoms with van der Waals surface area (Å²) in [6.45, 7) is 0. The zero-order valence-electron chi connectivity index (χ0n) is 18.2. The standard InChI is InChI=1S/C23H26Cl2N4O3S/c1-33(31,32)28-18-11-12-21(19(25)13-18)29-22(15-7-9-16(24)10-8-15)14-20(27-29)23(30)26-17-5-3-2-4-6-17/h7-13,17,22,28H,2-6,14H2,1H3,(H,26,30). The fourth-order valence-corrected chi connectivity index (χ4v) is 5.25. The molecule has 2 aromatic rings. The Morgan fingerprint density at radius 3 is 2.39 bits per heavy atom. The lowest BCUT2D eigenvalue weighted by Gasteiger charge is -2.25. The van der Waals surface area contributed by atoms with Crippen LogP contribution in [0.2, 0.25) is 10.0 Å². The van der Waals surface area contributed by atoms with Gasteiger partial charge in [-0.05, 0) is 48.7 Å². The Morgan fingerprint density at radius 1 is 1.06 bits per heavy atom. The van der Waals surface area contributed by atoms with E-state index in [1.165, 1.54) is 12.5 Å². The lowest BCUT2D eigenvalue weighted by Crippen LogP contribution is -2.39. The third-order valence-electron chi connectivity index (χ3n) is 5.87. The van der Waals surface area contributed by atoms with Crippen molar-refractivity contribution in [3.05, 3.63) is 58.1 Å². The number of sulfonamides is 1. The van der Waals surface area contributed by atoms with Crippen molar-refractivity contribution in [2.75, 3.05) is 16.0 Å². The SMILES string of the molecule is CS(=O)(=O)Nc1ccc(N2N=C(C(=O)NC3CCCCC3)CC2c2ccc(Cl)cc2)c(Cl)c1. The van der Waals surface area contributed by atoms with Crippen LogP contribution in [-0.4, -0.2) is 32.3 Å². The van der Waals surface area contributed by atoms with Crippen molar-refractivity contribution in [1.29, 1.82) is 0 Å². The molecule has 1 unspecified atom stereocenters. The number of carbonyl (C=O) groups is 1. The molecule has 2 N–H and O–H groups in total. The van der Waals surface area contributed by atoms with Crippen LogP contribution in [0.15, 0.2) is 47.6 Å². The molecule has 0 radical (unpaired) electrons. The number of hydrogen-bond donors (Lipinski definition) is 2. The summed E-state index contributed by atoms with van der Waals surface area (Å²) in [6.07, 6.45) is 6.93. The lowest BCUT2D eigenvalue weighted by molar-refractivity contribution is -0.115. The molecule has 176 valence electrons. The fraction of sp³-hybridized carbons (Fsp3) is 0.391. The zero-order valence-corrected chi connectivity index (χ0v) is 20.6. The van der Waals surface area contributed by atoms with Crippen molar-refractivity contribution in [2.24, 2.45) is 5.10 Å². The molecule has 0 saturated heterocycles. The van der Waals surface area contributed by atoms with Gasteiger partial charge in [0.05, 0.1) is 28.7 Å². The van der Waals surface area contributed by atoms with Gasteiger partial charge in [0.25, 0.3) is 5.91 Å². The minimum Gasteiger partial charge on any atom is -0.348 e. The monoisotopic (exact) mass is 508 g/mol. The second kappa shape index (κ2) is 9.91. The van der Waals surface area contributed by atoms with Gasteiger partial charge in [0.15, 0.2) is 0 Å². The van der Waals surface area contributed by atoms with Crippen molar-refractivity contribution in [3.63, 3.8) is 0 Å². The Balaban J connectivity index is 1.63. The third kappa shape index (κ3) is 5.99. The first kappa shape index (κ1) is 23.9. The molecular weight excluding hydrogens is 483 g/mol. The van der Waals surface area contributed by atoms with Gasteiger partial charge >= 0.3 is 0 Å². The highest BCUT2D eigenvalue weighted by molar-refractivity contribution is 7.92. The highest BCUT2D eigenvalue weighted by Crippen LogP contribution is 2.40. The van der Waals surface area contributed by atoms with E-state index in [0.717, 1.165) is 37.5 Å². The van der Waals surface area contributed by atoms with Gasteiger partial charge in [0, 0.05) is 17.5 Å². The molecule has 10 heteroatoms. The maximum absolute atomic E-state index is 13.0. The molecule has 1 saturated carbocycles. The van der Waals surface area contributed by atoms with Gasteiger partial charge in [-0.1, -0.05) is 54.6 Å². The first-order chi connectivity index (χ1) is 15.7. The Kier molecular flexibility index (Phi) is 7.16. The van der Waals surface area contributed by atoms with Gasteiger partial charge in [0.2, 0.25) is 10.0 Å². The summed E-state index contributed by atoms with van der Waals surface area (Å²) in [5.74, 6) is -0.158. The normalized spacial score (nSPS) is 19.3. The molecule has 4 rings (SSSR count). The molecular formula is C23H26Cl2N4O3S. The van der Waals surface area contributed by atoms with Crippen LogP contribution in [0.1, 0.15) is 50.1 Å². The average molecular weight is 509 g/mol. The van der Waals surface area contributed by atoms with Gasteiger partial charge in [0.1, 0.15) is 5.71 Å². The molecule has 1 atom stereocenters. The van der Waals surface area contributed by atoms with Gasteiger partial charge in [-0.2, -0.15) is 5.10 Å². The van der Waals surface area contributed by atoms with Crippen molar-refractivity contribution in [3.8, 4) is 0 Å². The fourth-order valence-electron chi connectivity index (χ4n) is 4.30. The van der Waals surface area contributed by atoms with E-state index < -0.39 is 10.0 Å². The molecule has 2 aromatic carbocycles. The highest BCUT2D eigenvalue weighted by Gasteiger charge is 2.34. The van der Waals surface area contributed by atoms with Gasteiger partial charge in [-0.25, -0.2) is 8.42 Å². The number of carbonyl (C=O) groups excluding carboxylic acids is 1. The van der Waals surface area contributed by atoms with E-state index in [1.54, 1.807) is 29.3 Å². The molecule has 0 spiro atoms. The van der Waals surface area contributed by atoms with Crippen LogP contribution in [0, 0.1) is 0 Å². The molecule has 1 heterocycles. The number of nitrogens with one attached hydrogen (secondary N) is 2. The van der Waals surface area contributed by atoms with Crippen LogP contribution < -0.4 is 15.0 Å². The Bertz CT molecular complexity index is 1160. The quantitative estimate of drug-likeness (QED) is 0.566. The van der Waals surface area contributed by atoms with E-state index in [1.807, 2.05) is 12.1 Å². The van der Waals surface area contributed by atoms with E-state index in [0.29, 0.717) is 33.6 Å². The van der Waals surface area contributed by atoms with Gasteiger partial charge in [-0.15, -0.1) is 0 Å². The first-order valence-electron chi connectivity index (χ1n) is 10.9. The van der Waals surface area contributed by atoms with Crippen molar-refractivity contribution < 1.29 is 13.2 Å². The number of rotatable bonds is 6. The summed E-state index contributed by atoms with van der Waals surface area (Å²) in [6, 6.07) is 12.2. The van der Waals surface area contributed by atoms with Gasteiger partial charge < -0.3 is 5.32 Å². The topological polar surface area (TPSA) is 90.9 Å². The second-order valence-electron chi connectivity index (χ2n) is 8.51. The van der Waals surface area contributed by atoms with Crippen molar-refractivity contribution in [2.45, 2.75) is 50.6 Å².